The molecule has 49 heavy (non-hydrogen) atoms. The molecule has 10 rings (SSSR count). The van der Waals surface area contributed by atoms with Crippen LogP contribution in [0.25, 0.3) is 22.3 Å². The minimum atomic E-state index is -0.0402. The normalized spacial score (nSPS) is 31.6. The van der Waals surface area contributed by atoms with Gasteiger partial charge in [-0.1, -0.05) is 83.6 Å². The maximum atomic E-state index is 4.12. The van der Waals surface area contributed by atoms with Gasteiger partial charge in [-0.25, -0.2) is 12.1 Å². The van der Waals surface area contributed by atoms with Crippen LogP contribution >= 0.6 is 18.5 Å². The second-order valence-corrected chi connectivity index (χ2v) is 17.4. The molecule has 7 unspecified atom stereocenters. The Bertz CT molecular complexity index is 1550. The predicted octanol–water partition coefficient (Wildman–Crippen LogP) is 10.1. The van der Waals surface area contributed by atoms with Gasteiger partial charge in [-0.15, -0.1) is 47.8 Å². The van der Waals surface area contributed by atoms with Crippen molar-refractivity contribution in [1.29, 1.82) is 0 Å². The van der Waals surface area contributed by atoms with E-state index in [0.717, 1.165) is 36.8 Å². The van der Waals surface area contributed by atoms with E-state index in [4.69, 9.17) is 0 Å². The molecular weight excluding hydrogens is 674 g/mol. The van der Waals surface area contributed by atoms with E-state index in [1.807, 2.05) is 30.3 Å². The molecule has 0 radical (unpaired) electrons. The first kappa shape index (κ1) is 35.8. The van der Waals surface area contributed by atoms with Gasteiger partial charge in [-0.3, -0.25) is 0 Å². The van der Waals surface area contributed by atoms with Crippen LogP contribution in [0.4, 0.5) is 0 Å². The van der Waals surface area contributed by atoms with Crippen molar-refractivity contribution in [2.24, 2.45) is 23.7 Å². The summed E-state index contributed by atoms with van der Waals surface area (Å²) in [6.45, 7) is 2.29. The van der Waals surface area contributed by atoms with Gasteiger partial charge in [0, 0.05) is 17.2 Å². The number of hydrogen-bond donors (Lipinski definition) is 2. The van der Waals surface area contributed by atoms with Crippen LogP contribution in [0.3, 0.4) is 0 Å². The first-order valence-electron chi connectivity index (χ1n) is 19.2. The third-order valence-electron chi connectivity index (χ3n) is 13.3. The first-order chi connectivity index (χ1) is 23.6. The quantitative estimate of drug-likeness (QED) is 0.112. The second-order valence-electron chi connectivity index (χ2n) is 16.0. The molecule has 0 amide bonds. The predicted molar refractivity (Wildman–Crippen MR) is 211 cm³/mol. The third kappa shape index (κ3) is 6.65. The molecule has 0 spiro atoms. The van der Waals surface area contributed by atoms with Crippen LogP contribution in [0.2, 0.25) is 0 Å². The molecular formula is C44H56FeN2P2. The summed E-state index contributed by atoms with van der Waals surface area (Å²) in [6, 6.07) is 36.6. The Hall–Kier alpha value is -1.56. The van der Waals surface area contributed by atoms with Gasteiger partial charge in [0.05, 0.1) is 0 Å². The average Bonchev–Trinajstić information content (AvgIpc) is 3.86. The van der Waals surface area contributed by atoms with Crippen molar-refractivity contribution in [1.82, 2.24) is 10.6 Å². The molecule has 2 nitrogen and oxygen atoms in total. The number of piperidine rings is 2. The largest absolute Gasteiger partial charge is 2.00 e. The fourth-order valence-electron chi connectivity index (χ4n) is 11.6. The molecule has 6 fully saturated rings. The monoisotopic (exact) mass is 730 g/mol. The van der Waals surface area contributed by atoms with Crippen molar-refractivity contribution in [2.75, 3.05) is 19.3 Å². The molecule has 5 heteroatoms. The van der Waals surface area contributed by atoms with Crippen molar-refractivity contribution in [3.8, 4) is 22.3 Å². The van der Waals surface area contributed by atoms with Crippen LogP contribution in [0.15, 0.2) is 97.1 Å². The van der Waals surface area contributed by atoms with Crippen molar-refractivity contribution in [3.05, 3.63) is 108 Å². The maximum absolute atomic E-state index is 4.12. The van der Waals surface area contributed by atoms with Crippen molar-refractivity contribution >= 4 is 18.5 Å². The summed E-state index contributed by atoms with van der Waals surface area (Å²) < 4.78 is 0. The molecule has 0 aromatic heterocycles. The number of nitrogens with one attached hydrogen (secondary N) is 2. The first-order valence-corrected chi connectivity index (χ1v) is 20.6. The molecule has 7 atom stereocenters. The molecule has 4 aromatic carbocycles. The average molecular weight is 731 g/mol. The molecule has 2 heterocycles. The molecule has 4 aromatic rings. The number of hydrogen-bond acceptors (Lipinski definition) is 2. The fourth-order valence-corrected chi connectivity index (χ4v) is 13.2. The van der Waals surface area contributed by atoms with E-state index in [1.54, 1.807) is 16.7 Å². The molecule has 2 aliphatic heterocycles. The summed E-state index contributed by atoms with van der Waals surface area (Å²) in [5.41, 5.74) is 9.51. The van der Waals surface area contributed by atoms with Crippen LogP contribution in [0, 0.1) is 23.7 Å². The van der Waals surface area contributed by atoms with Gasteiger partial charge >= 0.3 is 17.1 Å². The Balaban J connectivity index is 0.000000581. The topological polar surface area (TPSA) is 24.1 Å². The third-order valence-corrected chi connectivity index (χ3v) is 14.9. The van der Waals surface area contributed by atoms with E-state index >= 15 is 0 Å². The molecule has 2 saturated heterocycles. The Morgan fingerprint density at radius 2 is 1.37 bits per heavy atom. The summed E-state index contributed by atoms with van der Waals surface area (Å²) in [4.78, 5) is 0. The smallest absolute Gasteiger partial charge is 0.313 e. The second kappa shape index (κ2) is 15.6. The van der Waals surface area contributed by atoms with Crippen LogP contribution in [-0.2, 0) is 27.6 Å². The molecule has 2 N–H and O–H groups in total. The van der Waals surface area contributed by atoms with Gasteiger partial charge in [-0.05, 0) is 106 Å². The standard InChI is InChI=1S/C39H51N2P2.C5H5.Fe/c42-25-33-30-20-26-19-27(21-30)24-38(33,23-26)37-32(39(43,34-15-7-9-17-40-34)35-16-8-10-18-41-35)22-31(28-11-3-1-4-12-28)36(37)29-13-5-2-6-14-29;1-2-4-5-3-1;/h1-6,11-14,22,26-27,30,33-35,40-41H,7-10,15-21,23-25,42-43H2;1-5H;/q2*-1;+2. The van der Waals surface area contributed by atoms with E-state index in [1.165, 1.54) is 93.5 Å². The Kier molecular flexibility index (Phi) is 11.4. The zero-order chi connectivity index (χ0) is 32.6. The molecule has 4 saturated carbocycles. The SMILES string of the molecule is PCC1C2CC3CC(C2)CC1(c1c(C(P)(C2CCCCN2)C2CCCCN2)cc(-c2ccccc2)[c-]1-c1ccccc1)C3.[Fe+2].c1cc[cH-]c1. The summed E-state index contributed by atoms with van der Waals surface area (Å²) in [5, 5.41) is 8.21. The Morgan fingerprint density at radius 1 is 0.776 bits per heavy atom. The maximum Gasteiger partial charge on any atom is 2.00 e. The van der Waals surface area contributed by atoms with Gasteiger partial charge in [0.25, 0.3) is 0 Å². The van der Waals surface area contributed by atoms with Crippen molar-refractivity contribution in [3.63, 3.8) is 0 Å². The van der Waals surface area contributed by atoms with E-state index in [2.05, 4.69) is 95.8 Å². The molecule has 6 aliphatic rings. The van der Waals surface area contributed by atoms with E-state index in [9.17, 15) is 0 Å². The summed E-state index contributed by atoms with van der Waals surface area (Å²) in [6.07, 6.45) is 16.2. The van der Waals surface area contributed by atoms with Crippen molar-refractivity contribution in [2.45, 2.75) is 93.3 Å². The van der Waals surface area contributed by atoms with Gasteiger partial charge in [0.2, 0.25) is 0 Å². The van der Waals surface area contributed by atoms with Gasteiger partial charge < -0.3 is 10.6 Å². The van der Waals surface area contributed by atoms with Crippen molar-refractivity contribution < 1.29 is 17.1 Å². The summed E-state index contributed by atoms with van der Waals surface area (Å²) in [7, 11) is 6.86. The molecule has 4 bridgehead atoms. The Morgan fingerprint density at radius 3 is 1.88 bits per heavy atom. The molecule has 4 aliphatic carbocycles. The van der Waals surface area contributed by atoms with E-state index in [0.29, 0.717) is 12.1 Å². The fraction of sp³-hybridized carbons (Fsp3) is 0.500. The Labute approximate surface area is 311 Å². The van der Waals surface area contributed by atoms with Gasteiger partial charge in [0.15, 0.2) is 0 Å². The minimum absolute atomic E-state index is 0. The van der Waals surface area contributed by atoms with Crippen LogP contribution in [0.5, 0.6) is 0 Å². The van der Waals surface area contributed by atoms with Gasteiger partial charge in [0.1, 0.15) is 0 Å². The van der Waals surface area contributed by atoms with Crippen LogP contribution < -0.4 is 10.6 Å². The van der Waals surface area contributed by atoms with E-state index < -0.39 is 0 Å². The summed E-state index contributed by atoms with van der Waals surface area (Å²) >= 11 is 0. The number of benzene rings is 2. The van der Waals surface area contributed by atoms with Crippen LogP contribution in [0.1, 0.15) is 81.8 Å². The zero-order valence-corrected chi connectivity index (χ0v) is 32.5. The summed E-state index contributed by atoms with van der Waals surface area (Å²) in [5.74, 6) is 3.44. The minimum Gasteiger partial charge on any atom is -0.313 e. The van der Waals surface area contributed by atoms with Crippen LogP contribution in [-0.4, -0.2) is 31.3 Å². The van der Waals surface area contributed by atoms with Gasteiger partial charge in [-0.2, -0.15) is 18.2 Å². The van der Waals surface area contributed by atoms with E-state index in [-0.39, 0.29) is 27.6 Å². The zero-order valence-electron chi connectivity index (χ0n) is 29.1. The molecule has 260 valence electrons. The number of rotatable bonds is 7.